The van der Waals surface area contributed by atoms with Crippen LogP contribution in [0.25, 0.3) is 0 Å². The zero-order chi connectivity index (χ0) is 23.6. The van der Waals surface area contributed by atoms with Gasteiger partial charge in [-0.05, 0) is 60.2 Å². The number of halogens is 4. The molecular weight excluding hydrogens is 502 g/mol. The number of amides is 1. The molecule has 0 aliphatic rings. The first kappa shape index (κ1) is 25.2. The predicted octanol–water partition coefficient (Wildman–Crippen LogP) is 6.78. The second kappa shape index (κ2) is 12.7. The van der Waals surface area contributed by atoms with E-state index in [1.807, 2.05) is 36.4 Å². The van der Waals surface area contributed by atoms with E-state index >= 15 is 0 Å². The molecule has 0 heterocycles. The Morgan fingerprint density at radius 3 is 2.15 bits per heavy atom. The fourth-order valence-corrected chi connectivity index (χ4v) is 3.78. The molecular formula is C24H22Cl4N4O. The molecule has 0 spiro atoms. The largest absolute Gasteiger partial charge is 0.369 e. The van der Waals surface area contributed by atoms with Gasteiger partial charge in [0.05, 0.1) is 17.5 Å². The summed E-state index contributed by atoms with van der Waals surface area (Å²) in [6.45, 7) is 1.43. The third kappa shape index (κ3) is 7.54. The van der Waals surface area contributed by atoms with Crippen molar-refractivity contribution >= 4 is 75.6 Å². The number of hydrogen-bond acceptors (Lipinski definition) is 4. The van der Waals surface area contributed by atoms with E-state index in [1.165, 1.54) is 0 Å². The molecule has 2 N–H and O–H groups in total. The van der Waals surface area contributed by atoms with Gasteiger partial charge in [-0.2, -0.15) is 5.10 Å². The van der Waals surface area contributed by atoms with Crippen molar-refractivity contribution in [3.05, 3.63) is 87.9 Å². The van der Waals surface area contributed by atoms with Crippen molar-refractivity contribution in [3.8, 4) is 0 Å². The number of benzene rings is 3. The van der Waals surface area contributed by atoms with E-state index < -0.39 is 0 Å². The Bertz CT molecular complexity index is 1080. The standard InChI is InChI=1S/C24H22Cl4N4O/c25-11-13-32(14-12-26)21-8-1-17(2-9-21)16-29-31-24(33)22-10-5-19(28)15-23(22)30-20-6-3-18(27)4-7-20/h1-10,15-16,30H,11-14H2,(H,31,33)/b29-16-. The summed E-state index contributed by atoms with van der Waals surface area (Å²) >= 11 is 23.8. The molecule has 0 aliphatic heterocycles. The van der Waals surface area contributed by atoms with Crippen molar-refractivity contribution in [2.45, 2.75) is 0 Å². The van der Waals surface area contributed by atoms with Crippen LogP contribution in [0.3, 0.4) is 0 Å². The number of carbonyl (C=O) groups is 1. The van der Waals surface area contributed by atoms with Crippen LogP contribution in [0, 0.1) is 0 Å². The van der Waals surface area contributed by atoms with E-state index in [0.29, 0.717) is 46.1 Å². The molecule has 3 aromatic carbocycles. The highest BCUT2D eigenvalue weighted by atomic mass is 35.5. The number of hydrazone groups is 1. The summed E-state index contributed by atoms with van der Waals surface area (Å²) < 4.78 is 0. The molecule has 3 aromatic rings. The predicted molar refractivity (Wildman–Crippen MR) is 141 cm³/mol. The maximum atomic E-state index is 12.7. The number of nitrogens with zero attached hydrogens (tertiary/aromatic N) is 2. The number of nitrogens with one attached hydrogen (secondary N) is 2. The summed E-state index contributed by atoms with van der Waals surface area (Å²) in [5.41, 5.74) is 6.16. The van der Waals surface area contributed by atoms with Gasteiger partial charge in [0.1, 0.15) is 0 Å². The molecule has 0 aromatic heterocycles. The average molecular weight is 524 g/mol. The lowest BCUT2D eigenvalue weighted by molar-refractivity contribution is 0.0956. The van der Waals surface area contributed by atoms with E-state index in [9.17, 15) is 4.79 Å². The van der Waals surface area contributed by atoms with E-state index in [2.05, 4.69) is 20.7 Å². The van der Waals surface area contributed by atoms with Gasteiger partial charge >= 0.3 is 0 Å². The third-order valence-corrected chi connectivity index (χ3v) is 5.52. The Morgan fingerprint density at radius 1 is 0.879 bits per heavy atom. The highest BCUT2D eigenvalue weighted by Crippen LogP contribution is 2.26. The molecule has 0 atom stereocenters. The van der Waals surface area contributed by atoms with Gasteiger partial charge in [0.2, 0.25) is 0 Å². The normalized spacial score (nSPS) is 10.9. The van der Waals surface area contributed by atoms with Crippen LogP contribution in [0.1, 0.15) is 15.9 Å². The summed E-state index contributed by atoms with van der Waals surface area (Å²) in [7, 11) is 0. The Kier molecular flexibility index (Phi) is 9.70. The molecule has 0 radical (unpaired) electrons. The second-order valence-electron chi connectivity index (χ2n) is 6.98. The van der Waals surface area contributed by atoms with Gasteiger partial charge < -0.3 is 10.2 Å². The topological polar surface area (TPSA) is 56.7 Å². The lowest BCUT2D eigenvalue weighted by Gasteiger charge is -2.22. The molecule has 9 heteroatoms. The van der Waals surface area contributed by atoms with Crippen LogP contribution >= 0.6 is 46.4 Å². The van der Waals surface area contributed by atoms with Gasteiger partial charge in [-0.3, -0.25) is 4.79 Å². The fraction of sp³-hybridized carbons (Fsp3) is 0.167. The molecule has 3 rings (SSSR count). The number of rotatable bonds is 10. The molecule has 0 saturated carbocycles. The molecule has 33 heavy (non-hydrogen) atoms. The SMILES string of the molecule is O=C(N/N=C\c1ccc(N(CCCl)CCCl)cc1)c1ccc(Cl)cc1Nc1ccc(Cl)cc1. The van der Waals surface area contributed by atoms with Crippen LogP contribution in [-0.4, -0.2) is 37.0 Å². The highest BCUT2D eigenvalue weighted by molar-refractivity contribution is 6.31. The minimum Gasteiger partial charge on any atom is -0.369 e. The lowest BCUT2D eigenvalue weighted by Crippen LogP contribution is -2.27. The summed E-state index contributed by atoms with van der Waals surface area (Å²) in [6, 6.07) is 19.9. The smallest absolute Gasteiger partial charge is 0.273 e. The van der Waals surface area contributed by atoms with Crippen LogP contribution in [-0.2, 0) is 0 Å². The van der Waals surface area contributed by atoms with Crippen LogP contribution in [0.5, 0.6) is 0 Å². The molecule has 172 valence electrons. The Balaban J connectivity index is 1.67. The minimum atomic E-state index is -0.369. The Labute approximate surface area is 213 Å². The van der Waals surface area contributed by atoms with Crippen molar-refractivity contribution in [2.24, 2.45) is 5.10 Å². The van der Waals surface area contributed by atoms with E-state index in [-0.39, 0.29) is 5.91 Å². The van der Waals surface area contributed by atoms with Gasteiger partial charge in [0.25, 0.3) is 5.91 Å². The van der Waals surface area contributed by atoms with Crippen molar-refractivity contribution in [1.29, 1.82) is 0 Å². The molecule has 0 fully saturated rings. The average Bonchev–Trinajstić information content (AvgIpc) is 2.81. The molecule has 0 unspecified atom stereocenters. The summed E-state index contributed by atoms with van der Waals surface area (Å²) in [4.78, 5) is 14.8. The fourth-order valence-electron chi connectivity index (χ4n) is 3.08. The second-order valence-corrected chi connectivity index (χ2v) is 8.61. The number of anilines is 3. The molecule has 1 amide bonds. The van der Waals surface area contributed by atoms with Crippen molar-refractivity contribution < 1.29 is 4.79 Å². The zero-order valence-electron chi connectivity index (χ0n) is 17.6. The molecule has 0 bridgehead atoms. The van der Waals surface area contributed by atoms with Crippen LogP contribution < -0.4 is 15.6 Å². The van der Waals surface area contributed by atoms with Crippen LogP contribution in [0.15, 0.2) is 71.8 Å². The van der Waals surface area contributed by atoms with Crippen molar-refractivity contribution in [3.63, 3.8) is 0 Å². The summed E-state index contributed by atoms with van der Waals surface area (Å²) in [6.07, 6.45) is 1.58. The zero-order valence-corrected chi connectivity index (χ0v) is 20.6. The minimum absolute atomic E-state index is 0.369. The summed E-state index contributed by atoms with van der Waals surface area (Å²) in [5, 5.41) is 8.40. The lowest BCUT2D eigenvalue weighted by atomic mass is 10.1. The summed E-state index contributed by atoms with van der Waals surface area (Å²) in [5.74, 6) is 0.670. The van der Waals surface area contributed by atoms with Crippen molar-refractivity contribution in [1.82, 2.24) is 5.43 Å². The van der Waals surface area contributed by atoms with Gasteiger partial charge in [-0.1, -0.05) is 35.3 Å². The molecule has 5 nitrogen and oxygen atoms in total. The number of hydrogen-bond donors (Lipinski definition) is 2. The van der Waals surface area contributed by atoms with Crippen molar-refractivity contribution in [2.75, 3.05) is 35.1 Å². The highest BCUT2D eigenvalue weighted by Gasteiger charge is 2.12. The number of carbonyl (C=O) groups excluding carboxylic acids is 1. The maximum absolute atomic E-state index is 12.7. The first-order valence-electron chi connectivity index (χ1n) is 10.1. The first-order chi connectivity index (χ1) is 16.0. The quantitative estimate of drug-likeness (QED) is 0.175. The van der Waals surface area contributed by atoms with E-state index in [4.69, 9.17) is 46.4 Å². The number of alkyl halides is 2. The van der Waals surface area contributed by atoms with Gasteiger partial charge in [-0.15, -0.1) is 23.2 Å². The monoisotopic (exact) mass is 522 g/mol. The Morgan fingerprint density at radius 2 is 1.52 bits per heavy atom. The van der Waals surface area contributed by atoms with E-state index in [1.54, 1.807) is 36.5 Å². The Hall–Kier alpha value is -2.44. The first-order valence-corrected chi connectivity index (χ1v) is 11.9. The molecule has 0 aliphatic carbocycles. The van der Waals surface area contributed by atoms with Crippen LogP contribution in [0.2, 0.25) is 10.0 Å². The third-order valence-electron chi connectivity index (χ3n) is 4.70. The van der Waals surface area contributed by atoms with Gasteiger partial charge in [0, 0.05) is 46.3 Å². The molecule has 0 saturated heterocycles. The maximum Gasteiger partial charge on any atom is 0.273 e. The van der Waals surface area contributed by atoms with Gasteiger partial charge in [-0.25, -0.2) is 5.43 Å². The van der Waals surface area contributed by atoms with Gasteiger partial charge in [0.15, 0.2) is 0 Å². The van der Waals surface area contributed by atoms with Crippen LogP contribution in [0.4, 0.5) is 17.1 Å². The van der Waals surface area contributed by atoms with E-state index in [0.717, 1.165) is 16.9 Å².